The van der Waals surface area contributed by atoms with E-state index in [1.807, 2.05) is 6.20 Å². The highest BCUT2D eigenvalue weighted by atomic mass is 16.4. The Morgan fingerprint density at radius 1 is 1.07 bits per heavy atom. The molecule has 1 unspecified atom stereocenters. The van der Waals surface area contributed by atoms with E-state index in [1.54, 1.807) is 6.20 Å². The van der Waals surface area contributed by atoms with Gasteiger partial charge in [-0.05, 0) is 32.1 Å². The first-order chi connectivity index (χ1) is 13.1. The molecule has 27 heavy (non-hydrogen) atoms. The molecule has 0 radical (unpaired) electrons. The summed E-state index contributed by atoms with van der Waals surface area (Å²) in [6.45, 7) is 3.35. The molecule has 5 heteroatoms. The zero-order valence-corrected chi connectivity index (χ0v) is 17.2. The van der Waals surface area contributed by atoms with Crippen molar-refractivity contribution in [2.24, 2.45) is 10.7 Å². The van der Waals surface area contributed by atoms with Gasteiger partial charge in [-0.15, -0.1) is 0 Å². The lowest BCUT2D eigenvalue weighted by molar-refractivity contribution is -0.778. The van der Waals surface area contributed by atoms with Gasteiger partial charge in [-0.25, -0.2) is 14.3 Å². The highest BCUT2D eigenvalue weighted by Crippen LogP contribution is 2.21. The second kappa shape index (κ2) is 14.6. The summed E-state index contributed by atoms with van der Waals surface area (Å²) in [7, 11) is 0. The van der Waals surface area contributed by atoms with Gasteiger partial charge in [0.2, 0.25) is 5.84 Å². The number of rotatable bonds is 17. The maximum Gasteiger partial charge on any atom is 0.360 e. The molecule has 154 valence electrons. The molecule has 1 aliphatic rings. The van der Waals surface area contributed by atoms with E-state index in [2.05, 4.69) is 24.1 Å². The molecule has 1 rings (SSSR count). The number of aliphatic imine (C=N–C) groups is 1. The zero-order valence-electron chi connectivity index (χ0n) is 17.2. The zero-order chi connectivity index (χ0) is 19.8. The summed E-state index contributed by atoms with van der Waals surface area (Å²) >= 11 is 0. The van der Waals surface area contributed by atoms with E-state index in [0.717, 1.165) is 31.5 Å². The molecule has 0 aromatic carbocycles. The van der Waals surface area contributed by atoms with Gasteiger partial charge in [0.25, 0.3) is 0 Å². The normalized spacial score (nSPS) is 19.1. The minimum absolute atomic E-state index is 0.0354. The molecule has 0 aliphatic carbocycles. The molecule has 0 saturated heterocycles. The van der Waals surface area contributed by atoms with Crippen molar-refractivity contribution in [3.8, 4) is 0 Å². The van der Waals surface area contributed by atoms with Crippen LogP contribution in [-0.4, -0.2) is 41.0 Å². The topological polar surface area (TPSA) is 75.7 Å². The van der Waals surface area contributed by atoms with Crippen LogP contribution in [0.25, 0.3) is 0 Å². The van der Waals surface area contributed by atoms with E-state index in [9.17, 15) is 9.90 Å². The average molecular weight is 379 g/mol. The predicted octanol–water partition coefficient (Wildman–Crippen LogP) is 4.99. The van der Waals surface area contributed by atoms with Crippen molar-refractivity contribution in [2.75, 3.05) is 19.6 Å². The Labute approximate surface area is 165 Å². The number of amidine groups is 1. The first-order valence-corrected chi connectivity index (χ1v) is 10.8. The molecule has 0 aromatic heterocycles. The summed E-state index contributed by atoms with van der Waals surface area (Å²) in [5, 5.41) is 9.21. The number of hydrogen-bond acceptors (Lipinski definition) is 3. The van der Waals surface area contributed by atoms with Gasteiger partial charge in [0.1, 0.15) is 12.7 Å². The average Bonchev–Trinajstić information content (AvgIpc) is 3.00. The Morgan fingerprint density at radius 2 is 1.70 bits per heavy atom. The molecule has 0 saturated carbocycles. The molecule has 0 spiro atoms. The van der Waals surface area contributed by atoms with Gasteiger partial charge in [0.05, 0.1) is 6.20 Å². The number of nitrogens with zero attached hydrogens (tertiary/aromatic N) is 2. The minimum atomic E-state index is -0.807. The van der Waals surface area contributed by atoms with Crippen molar-refractivity contribution in [3.05, 3.63) is 24.6 Å². The smallest absolute Gasteiger partial charge is 0.360 e. The number of unbranched alkanes of at least 4 members (excludes halogenated alkanes) is 9. The summed E-state index contributed by atoms with van der Waals surface area (Å²) in [5.41, 5.74) is 5.70. The lowest BCUT2D eigenvalue weighted by Gasteiger charge is -2.30. The van der Waals surface area contributed by atoms with E-state index < -0.39 is 5.97 Å². The van der Waals surface area contributed by atoms with Crippen LogP contribution in [0.2, 0.25) is 0 Å². The van der Waals surface area contributed by atoms with E-state index in [-0.39, 0.29) is 6.54 Å². The van der Waals surface area contributed by atoms with Crippen molar-refractivity contribution in [3.63, 3.8) is 0 Å². The van der Waals surface area contributed by atoms with Crippen molar-refractivity contribution in [1.29, 1.82) is 0 Å². The highest BCUT2D eigenvalue weighted by molar-refractivity contribution is 5.81. The number of carboxylic acid groups (broad SMARTS) is 1. The van der Waals surface area contributed by atoms with Crippen LogP contribution in [0.4, 0.5) is 0 Å². The maximum absolute atomic E-state index is 11.2. The molecule has 0 amide bonds. The summed E-state index contributed by atoms with van der Waals surface area (Å²) in [6, 6.07) is 0. The van der Waals surface area contributed by atoms with Crippen LogP contribution >= 0.6 is 0 Å². The highest BCUT2D eigenvalue weighted by Gasteiger charge is 2.36. The minimum Gasteiger partial charge on any atom is -0.477 e. The van der Waals surface area contributed by atoms with E-state index in [4.69, 9.17) is 5.73 Å². The van der Waals surface area contributed by atoms with Gasteiger partial charge >= 0.3 is 5.97 Å². The van der Waals surface area contributed by atoms with Gasteiger partial charge in [-0.3, -0.25) is 0 Å². The van der Waals surface area contributed by atoms with Crippen molar-refractivity contribution < 1.29 is 14.4 Å². The third kappa shape index (κ3) is 9.87. The number of hydrogen-bond donors (Lipinski definition) is 2. The number of carbonyl (C=O) groups is 1. The molecular weight excluding hydrogens is 338 g/mol. The van der Waals surface area contributed by atoms with Crippen LogP contribution < -0.4 is 5.73 Å². The number of nitrogens with two attached hydrogens (primary N) is 1. The van der Waals surface area contributed by atoms with Gasteiger partial charge in [-0.1, -0.05) is 57.6 Å². The lowest BCUT2D eigenvalue weighted by atomic mass is 10.1. The van der Waals surface area contributed by atoms with Crippen LogP contribution in [-0.2, 0) is 4.79 Å². The van der Waals surface area contributed by atoms with Crippen LogP contribution in [0.5, 0.6) is 0 Å². The fourth-order valence-corrected chi connectivity index (χ4v) is 3.63. The van der Waals surface area contributed by atoms with Crippen molar-refractivity contribution >= 4 is 11.8 Å². The van der Waals surface area contributed by atoms with Crippen LogP contribution in [0, 0.1) is 0 Å². The fourth-order valence-electron chi connectivity index (χ4n) is 3.63. The Hall–Kier alpha value is -1.46. The van der Waals surface area contributed by atoms with Gasteiger partial charge in [0.15, 0.2) is 6.54 Å². The third-order valence-corrected chi connectivity index (χ3v) is 5.20. The summed E-state index contributed by atoms with van der Waals surface area (Å²) < 4.78 is 0.296. The predicted molar refractivity (Wildman–Crippen MR) is 113 cm³/mol. The van der Waals surface area contributed by atoms with E-state index >= 15 is 0 Å². The largest absolute Gasteiger partial charge is 0.477 e. The molecule has 0 fully saturated rings. The molecular formula is C22H40N3O2+. The molecule has 1 aliphatic heterocycles. The summed E-state index contributed by atoms with van der Waals surface area (Å²) in [5.74, 6) is 0.139. The monoisotopic (exact) mass is 378 g/mol. The van der Waals surface area contributed by atoms with E-state index in [1.165, 1.54) is 51.4 Å². The van der Waals surface area contributed by atoms with Gasteiger partial charge in [0, 0.05) is 13.0 Å². The summed E-state index contributed by atoms with van der Waals surface area (Å²) in [4.78, 5) is 15.6. The lowest BCUT2D eigenvalue weighted by Crippen LogP contribution is -2.52. The first kappa shape index (κ1) is 23.6. The van der Waals surface area contributed by atoms with Crippen molar-refractivity contribution in [1.82, 2.24) is 0 Å². The quantitative estimate of drug-likeness (QED) is 0.213. The first-order valence-electron chi connectivity index (χ1n) is 10.8. The molecule has 5 nitrogen and oxygen atoms in total. The Kier molecular flexibility index (Phi) is 12.7. The number of allylic oxidation sites excluding steroid dienone is 2. The maximum atomic E-state index is 11.2. The second-order valence-corrected chi connectivity index (χ2v) is 7.57. The second-order valence-electron chi connectivity index (χ2n) is 7.57. The molecule has 1 atom stereocenters. The van der Waals surface area contributed by atoms with Gasteiger partial charge < -0.3 is 10.8 Å². The molecule has 3 N–H and O–H groups in total. The third-order valence-electron chi connectivity index (χ3n) is 5.20. The number of quaternary nitrogens is 1. The van der Waals surface area contributed by atoms with Crippen LogP contribution in [0.1, 0.15) is 84.0 Å². The number of aliphatic carboxylic acids is 1. The Bertz CT molecular complexity index is 500. The van der Waals surface area contributed by atoms with Crippen molar-refractivity contribution in [2.45, 2.75) is 84.0 Å². The molecule has 0 bridgehead atoms. The molecule has 0 aromatic rings. The molecule has 1 heterocycles. The SMILES string of the molecule is CCCCCCCC/C=C/CCCCCC1=NC=C[N+]1(CCN)CC(=O)O. The van der Waals surface area contributed by atoms with Crippen LogP contribution in [0.3, 0.4) is 0 Å². The standard InChI is InChI=1S/C22H39N3O2/c1-2-3-4-5-6-7-8-9-10-11-12-13-14-15-21-24-17-19-25(21,18-16-23)20-22(26)27/h9-10,17,19H,2-8,11-16,18,20,23H2,1H3/p+1/b10-9+. The fraction of sp³-hybridized carbons (Fsp3) is 0.727. The van der Waals surface area contributed by atoms with Gasteiger partial charge in [-0.2, -0.15) is 0 Å². The Balaban J connectivity index is 2.12. The Morgan fingerprint density at radius 3 is 2.33 bits per heavy atom. The summed E-state index contributed by atoms with van der Waals surface area (Å²) in [6.07, 6.45) is 23.0. The van der Waals surface area contributed by atoms with Crippen LogP contribution in [0.15, 0.2) is 29.5 Å². The number of carboxylic acids is 1. The van der Waals surface area contributed by atoms with E-state index in [0.29, 0.717) is 17.6 Å².